The summed E-state index contributed by atoms with van der Waals surface area (Å²) in [6.07, 6.45) is 7.89. The first-order valence-corrected chi connectivity index (χ1v) is 5.56. The molecule has 0 aromatic heterocycles. The van der Waals surface area contributed by atoms with Crippen LogP contribution in [0.1, 0.15) is 39.0 Å². The smallest absolute Gasteiger partial charge is 0.313 e. The number of allylic oxidation sites excluding steroid dienone is 2. The molecule has 1 aliphatic carbocycles. The van der Waals surface area contributed by atoms with Gasteiger partial charge in [0, 0.05) is 6.42 Å². The van der Waals surface area contributed by atoms with Crippen molar-refractivity contribution in [2.24, 2.45) is 5.92 Å². The molecule has 15 heavy (non-hydrogen) atoms. The number of ether oxygens (including phenoxy) is 1. The van der Waals surface area contributed by atoms with Crippen molar-refractivity contribution in [2.75, 3.05) is 6.61 Å². The van der Waals surface area contributed by atoms with Crippen LogP contribution in [0.3, 0.4) is 0 Å². The molecule has 1 aliphatic rings. The van der Waals surface area contributed by atoms with Gasteiger partial charge in [-0.3, -0.25) is 9.59 Å². The van der Waals surface area contributed by atoms with Crippen LogP contribution in [0.4, 0.5) is 0 Å². The van der Waals surface area contributed by atoms with Crippen LogP contribution in [-0.4, -0.2) is 18.4 Å². The summed E-state index contributed by atoms with van der Waals surface area (Å²) >= 11 is 0. The van der Waals surface area contributed by atoms with Crippen molar-refractivity contribution in [2.45, 2.75) is 39.0 Å². The summed E-state index contributed by atoms with van der Waals surface area (Å²) in [5, 5.41) is 0. The van der Waals surface area contributed by atoms with Gasteiger partial charge in [-0.05, 0) is 32.1 Å². The number of esters is 1. The second-order valence-corrected chi connectivity index (χ2v) is 3.82. The van der Waals surface area contributed by atoms with Crippen LogP contribution in [0.5, 0.6) is 0 Å². The lowest BCUT2D eigenvalue weighted by molar-refractivity contribution is -0.145. The molecule has 84 valence electrons. The molecule has 0 N–H and O–H groups in total. The maximum absolute atomic E-state index is 11.3. The Morgan fingerprint density at radius 1 is 1.40 bits per heavy atom. The zero-order chi connectivity index (χ0) is 11.1. The maximum atomic E-state index is 11.3. The van der Waals surface area contributed by atoms with Crippen molar-refractivity contribution in [3.05, 3.63) is 12.2 Å². The van der Waals surface area contributed by atoms with E-state index < -0.39 is 5.97 Å². The van der Waals surface area contributed by atoms with Crippen molar-refractivity contribution in [1.29, 1.82) is 0 Å². The molecule has 0 radical (unpaired) electrons. The second kappa shape index (κ2) is 6.38. The molecule has 0 aromatic rings. The minimum absolute atomic E-state index is 0.0334. The fraction of sp³-hybridized carbons (Fsp3) is 0.667. The van der Waals surface area contributed by atoms with E-state index in [-0.39, 0.29) is 12.2 Å². The minimum atomic E-state index is -0.409. The zero-order valence-electron chi connectivity index (χ0n) is 9.20. The van der Waals surface area contributed by atoms with Crippen molar-refractivity contribution < 1.29 is 14.3 Å². The lowest BCUT2D eigenvalue weighted by atomic mass is 10.1. The number of carbonyl (C=O) groups excluding carboxylic acids is 2. The predicted molar refractivity (Wildman–Crippen MR) is 57.4 cm³/mol. The van der Waals surface area contributed by atoms with Crippen LogP contribution < -0.4 is 0 Å². The second-order valence-electron chi connectivity index (χ2n) is 3.82. The molecular weight excluding hydrogens is 192 g/mol. The van der Waals surface area contributed by atoms with Gasteiger partial charge in [0.2, 0.25) is 0 Å². The summed E-state index contributed by atoms with van der Waals surface area (Å²) in [6, 6.07) is 0. The SMILES string of the molecule is CCOC(=O)CC(=O)CC/C=C\C1CC1. The summed E-state index contributed by atoms with van der Waals surface area (Å²) in [5.41, 5.74) is 0. The number of hydrogen-bond donors (Lipinski definition) is 0. The van der Waals surface area contributed by atoms with Gasteiger partial charge in [0.25, 0.3) is 0 Å². The zero-order valence-corrected chi connectivity index (χ0v) is 9.20. The van der Waals surface area contributed by atoms with E-state index in [1.807, 2.05) is 6.08 Å². The summed E-state index contributed by atoms with van der Waals surface area (Å²) < 4.78 is 4.69. The van der Waals surface area contributed by atoms with Crippen molar-refractivity contribution in [3.63, 3.8) is 0 Å². The fourth-order valence-corrected chi connectivity index (χ4v) is 1.28. The van der Waals surface area contributed by atoms with Crippen LogP contribution in [0, 0.1) is 5.92 Å². The van der Waals surface area contributed by atoms with Gasteiger partial charge in [-0.2, -0.15) is 0 Å². The Labute approximate surface area is 90.5 Å². The van der Waals surface area contributed by atoms with Gasteiger partial charge in [0.15, 0.2) is 0 Å². The molecule has 0 heterocycles. The Morgan fingerprint density at radius 3 is 2.73 bits per heavy atom. The molecule has 0 atom stereocenters. The van der Waals surface area contributed by atoms with Crippen LogP contribution in [0.25, 0.3) is 0 Å². The molecule has 0 amide bonds. The van der Waals surface area contributed by atoms with E-state index in [0.717, 1.165) is 12.3 Å². The molecule has 3 heteroatoms. The standard InChI is InChI=1S/C12H18O3/c1-2-15-12(14)9-11(13)6-4-3-5-10-7-8-10/h3,5,10H,2,4,6-9H2,1H3/b5-3-. The first-order chi connectivity index (χ1) is 7.22. The van der Waals surface area contributed by atoms with Gasteiger partial charge in [-0.15, -0.1) is 0 Å². The van der Waals surface area contributed by atoms with E-state index in [0.29, 0.717) is 13.0 Å². The lowest BCUT2D eigenvalue weighted by Gasteiger charge is -1.99. The van der Waals surface area contributed by atoms with Crippen LogP contribution in [-0.2, 0) is 14.3 Å². The summed E-state index contributed by atoms with van der Waals surface area (Å²) in [4.78, 5) is 22.2. The van der Waals surface area contributed by atoms with E-state index in [1.54, 1.807) is 6.92 Å². The van der Waals surface area contributed by atoms with Gasteiger partial charge in [0.1, 0.15) is 12.2 Å². The normalized spacial score (nSPS) is 15.5. The average molecular weight is 210 g/mol. The Bertz CT molecular complexity index is 252. The van der Waals surface area contributed by atoms with E-state index in [2.05, 4.69) is 10.8 Å². The van der Waals surface area contributed by atoms with Crippen LogP contribution in [0.2, 0.25) is 0 Å². The molecule has 0 aromatic carbocycles. The average Bonchev–Trinajstić information content (AvgIpc) is 2.96. The molecule has 1 fully saturated rings. The molecule has 0 aliphatic heterocycles. The highest BCUT2D eigenvalue weighted by Crippen LogP contribution is 2.30. The van der Waals surface area contributed by atoms with E-state index in [4.69, 9.17) is 0 Å². The summed E-state index contributed by atoms with van der Waals surface area (Å²) in [6.45, 7) is 2.08. The third-order valence-corrected chi connectivity index (χ3v) is 2.27. The van der Waals surface area contributed by atoms with E-state index in [9.17, 15) is 9.59 Å². The minimum Gasteiger partial charge on any atom is -0.466 e. The number of hydrogen-bond acceptors (Lipinski definition) is 3. The molecular formula is C12H18O3. The molecule has 0 bridgehead atoms. The number of rotatable bonds is 7. The Hall–Kier alpha value is -1.12. The quantitative estimate of drug-likeness (QED) is 0.368. The van der Waals surface area contributed by atoms with E-state index in [1.165, 1.54) is 12.8 Å². The highest BCUT2D eigenvalue weighted by atomic mass is 16.5. The lowest BCUT2D eigenvalue weighted by Crippen LogP contribution is -2.10. The van der Waals surface area contributed by atoms with Crippen molar-refractivity contribution in [3.8, 4) is 0 Å². The largest absolute Gasteiger partial charge is 0.466 e. The van der Waals surface area contributed by atoms with Gasteiger partial charge >= 0.3 is 5.97 Å². The number of ketones is 1. The monoisotopic (exact) mass is 210 g/mol. The van der Waals surface area contributed by atoms with Crippen molar-refractivity contribution >= 4 is 11.8 Å². The summed E-state index contributed by atoms with van der Waals surface area (Å²) in [5.74, 6) is 0.313. The van der Waals surface area contributed by atoms with Crippen LogP contribution in [0.15, 0.2) is 12.2 Å². The molecule has 0 saturated heterocycles. The Morgan fingerprint density at radius 2 is 2.13 bits per heavy atom. The first kappa shape index (κ1) is 12.0. The molecule has 1 rings (SSSR count). The number of Topliss-reactive ketones (excluding diaryl/α,β-unsaturated/α-hetero) is 1. The maximum Gasteiger partial charge on any atom is 0.313 e. The number of carbonyl (C=O) groups is 2. The summed E-state index contributed by atoms with van der Waals surface area (Å²) in [7, 11) is 0. The van der Waals surface area contributed by atoms with Gasteiger partial charge in [-0.1, -0.05) is 12.2 Å². The predicted octanol–water partition coefficient (Wildman–Crippen LogP) is 2.26. The van der Waals surface area contributed by atoms with Gasteiger partial charge in [0.05, 0.1) is 6.61 Å². The fourth-order valence-electron chi connectivity index (χ4n) is 1.28. The van der Waals surface area contributed by atoms with Crippen LogP contribution >= 0.6 is 0 Å². The highest BCUT2D eigenvalue weighted by Gasteiger charge is 2.16. The van der Waals surface area contributed by atoms with Crippen molar-refractivity contribution in [1.82, 2.24) is 0 Å². The Balaban J connectivity index is 2.04. The molecule has 3 nitrogen and oxygen atoms in total. The molecule has 0 unspecified atom stereocenters. The molecule has 1 saturated carbocycles. The topological polar surface area (TPSA) is 43.4 Å². The van der Waals surface area contributed by atoms with E-state index >= 15 is 0 Å². The Kier molecular flexibility index (Phi) is 5.08. The first-order valence-electron chi connectivity index (χ1n) is 5.56. The molecule has 0 spiro atoms. The van der Waals surface area contributed by atoms with Gasteiger partial charge < -0.3 is 4.74 Å². The van der Waals surface area contributed by atoms with Gasteiger partial charge in [-0.25, -0.2) is 0 Å². The highest BCUT2D eigenvalue weighted by molar-refractivity contribution is 5.95. The third-order valence-electron chi connectivity index (χ3n) is 2.27. The third kappa shape index (κ3) is 6.05.